The molecule has 0 bridgehead atoms. The largest absolute Gasteiger partial charge is 0.475 e. The van der Waals surface area contributed by atoms with E-state index < -0.39 is 17.1 Å². The second kappa shape index (κ2) is 7.22. The number of Topliss-reactive ketones (excluding diaryl/α,β-unsaturated/α-hetero) is 1. The van der Waals surface area contributed by atoms with Crippen LogP contribution in [-0.4, -0.2) is 51.5 Å². The van der Waals surface area contributed by atoms with Gasteiger partial charge in [-0.25, -0.2) is 4.99 Å². The summed E-state index contributed by atoms with van der Waals surface area (Å²) in [6.07, 6.45) is 7.57. The van der Waals surface area contributed by atoms with Crippen LogP contribution in [-0.2, 0) is 19.1 Å². The summed E-state index contributed by atoms with van der Waals surface area (Å²) in [5, 5.41) is 11.6. The molecule has 3 saturated carbocycles. The van der Waals surface area contributed by atoms with Gasteiger partial charge in [0.05, 0.1) is 10.7 Å². The molecule has 0 aromatic rings. The lowest BCUT2D eigenvalue weighted by molar-refractivity contribution is -0.146. The van der Waals surface area contributed by atoms with Crippen LogP contribution in [0.25, 0.3) is 0 Å². The molecule has 1 aliphatic heterocycles. The van der Waals surface area contributed by atoms with E-state index in [-0.39, 0.29) is 47.4 Å². The second-order valence-electron chi connectivity index (χ2n) is 10.3. The summed E-state index contributed by atoms with van der Waals surface area (Å²) < 4.78 is 12.1. The first-order chi connectivity index (χ1) is 14.7. The number of halogens is 1. The Bertz CT molecular complexity index is 927. The number of ketones is 2. The highest BCUT2D eigenvalue weighted by atomic mass is 127. The zero-order chi connectivity index (χ0) is 22.2. The van der Waals surface area contributed by atoms with E-state index in [2.05, 4.69) is 36.4 Å². The Balaban J connectivity index is 1.57. The smallest absolute Gasteiger partial charge is 0.190 e. The Morgan fingerprint density at radius 1 is 1.42 bits per heavy atom. The molecule has 1 heterocycles. The number of allylic oxidation sites excluding steroid dienone is 4. The number of nitrogens with zero attached hydrogens (tertiary/aromatic N) is 1. The first-order valence-corrected chi connectivity index (χ1v) is 12.7. The molecular weight excluding hydrogens is 509 g/mol. The van der Waals surface area contributed by atoms with Crippen LogP contribution in [0.5, 0.6) is 0 Å². The lowest BCUT2D eigenvalue weighted by Gasteiger charge is -2.59. The van der Waals surface area contributed by atoms with E-state index >= 15 is 0 Å². The number of alkyl halides is 1. The van der Waals surface area contributed by atoms with Crippen molar-refractivity contribution in [3.8, 4) is 0 Å². The molecule has 0 saturated heterocycles. The molecule has 4 aliphatic carbocycles. The summed E-state index contributed by atoms with van der Waals surface area (Å²) in [7, 11) is 0. The van der Waals surface area contributed by atoms with Gasteiger partial charge in [0.2, 0.25) is 0 Å². The predicted molar refractivity (Wildman–Crippen MR) is 124 cm³/mol. The van der Waals surface area contributed by atoms with Crippen LogP contribution < -0.4 is 0 Å². The third kappa shape index (κ3) is 2.78. The van der Waals surface area contributed by atoms with Gasteiger partial charge in [-0.05, 0) is 49.7 Å². The van der Waals surface area contributed by atoms with Gasteiger partial charge >= 0.3 is 0 Å². The van der Waals surface area contributed by atoms with Crippen molar-refractivity contribution in [1.82, 2.24) is 0 Å². The summed E-state index contributed by atoms with van der Waals surface area (Å²) in [6, 6.07) is 0. The number of rotatable bonds is 4. The Labute approximate surface area is 196 Å². The van der Waals surface area contributed by atoms with Crippen molar-refractivity contribution in [2.24, 2.45) is 33.6 Å². The molecule has 31 heavy (non-hydrogen) atoms. The number of carbonyl (C=O) groups is 2. The maximum absolute atomic E-state index is 13.6. The van der Waals surface area contributed by atoms with Crippen molar-refractivity contribution in [2.75, 3.05) is 11.2 Å². The molecule has 0 amide bonds. The SMILES string of the molecule is CC1=N[C@]2(C(=O)COCI)[C@@H](C[C@H]3[C@@H]4CCC5=CC(=O)C=C[C@]5(C)[C@H]4[C@@H](O)C[C@@]32C)O1. The Hall–Kier alpha value is -1.06. The van der Waals surface area contributed by atoms with Gasteiger partial charge in [-0.15, -0.1) is 0 Å². The average molecular weight is 539 g/mol. The van der Waals surface area contributed by atoms with Crippen molar-refractivity contribution in [3.63, 3.8) is 0 Å². The summed E-state index contributed by atoms with van der Waals surface area (Å²) in [6.45, 7) is 6.13. The number of aliphatic imine (C=N–C) groups is 1. The molecule has 5 aliphatic rings. The number of hydrogen-bond acceptors (Lipinski definition) is 6. The van der Waals surface area contributed by atoms with Gasteiger partial charge in [0, 0.05) is 23.7 Å². The minimum Gasteiger partial charge on any atom is -0.475 e. The fourth-order valence-corrected chi connectivity index (χ4v) is 8.15. The van der Waals surface area contributed by atoms with Crippen molar-refractivity contribution in [2.45, 2.75) is 64.2 Å². The molecule has 5 rings (SSSR count). The minimum absolute atomic E-state index is 0.0154. The van der Waals surface area contributed by atoms with Crippen molar-refractivity contribution >= 4 is 40.1 Å². The topological polar surface area (TPSA) is 85.2 Å². The molecule has 1 N–H and O–H groups in total. The first-order valence-electron chi connectivity index (χ1n) is 11.2. The van der Waals surface area contributed by atoms with Crippen molar-refractivity contribution < 1.29 is 24.2 Å². The maximum atomic E-state index is 13.6. The molecule has 0 aromatic carbocycles. The Morgan fingerprint density at radius 2 is 2.19 bits per heavy atom. The predicted octanol–water partition coefficient (Wildman–Crippen LogP) is 3.41. The van der Waals surface area contributed by atoms with Gasteiger partial charge in [-0.3, -0.25) is 9.59 Å². The van der Waals surface area contributed by atoms with E-state index in [1.165, 1.54) is 0 Å². The van der Waals surface area contributed by atoms with E-state index in [1.807, 2.05) is 13.0 Å². The van der Waals surface area contributed by atoms with Crippen LogP contribution in [0.3, 0.4) is 0 Å². The van der Waals surface area contributed by atoms with Gasteiger partial charge < -0.3 is 14.6 Å². The molecule has 8 atom stereocenters. The fourth-order valence-electron chi connectivity index (χ4n) is 7.93. The highest BCUT2D eigenvalue weighted by molar-refractivity contribution is 14.1. The summed E-state index contributed by atoms with van der Waals surface area (Å²) in [5.74, 6) is 1.04. The van der Waals surface area contributed by atoms with E-state index in [4.69, 9.17) is 14.5 Å². The molecule has 0 spiro atoms. The van der Waals surface area contributed by atoms with Gasteiger partial charge in [-0.2, -0.15) is 0 Å². The summed E-state index contributed by atoms with van der Waals surface area (Å²) in [4.78, 5) is 30.4. The number of aliphatic hydroxyl groups is 1. The van der Waals surface area contributed by atoms with Gasteiger partial charge in [0.1, 0.15) is 12.7 Å². The quantitative estimate of drug-likeness (QED) is 0.438. The van der Waals surface area contributed by atoms with E-state index in [0.717, 1.165) is 24.8 Å². The first kappa shape index (κ1) is 21.8. The molecule has 0 unspecified atom stereocenters. The summed E-state index contributed by atoms with van der Waals surface area (Å²) >= 11 is 2.10. The van der Waals surface area contributed by atoms with E-state index in [9.17, 15) is 14.7 Å². The van der Waals surface area contributed by atoms with Crippen molar-refractivity contribution in [3.05, 3.63) is 23.8 Å². The van der Waals surface area contributed by atoms with Crippen LogP contribution >= 0.6 is 22.6 Å². The fraction of sp³-hybridized carbons (Fsp3) is 0.708. The molecule has 6 nitrogen and oxygen atoms in total. The monoisotopic (exact) mass is 539 g/mol. The van der Waals surface area contributed by atoms with E-state index in [0.29, 0.717) is 16.9 Å². The molecule has 168 valence electrons. The summed E-state index contributed by atoms with van der Waals surface area (Å²) in [5.41, 5.74) is -0.674. The Kier molecular flexibility index (Phi) is 5.07. The standard InChI is InChI=1S/C24H30INO5/c1-13-26-24(19(29)11-30-12-25)20(31-13)9-17-16-5-4-14-8-15(27)6-7-22(14,2)21(16)18(28)10-23(17,24)3/h6-8,16-18,20-21,28H,4-5,9-12H2,1-3H3/t16-,17-,18-,20+,21+,22-,23-,24+/m0/s1. The zero-order valence-corrected chi connectivity index (χ0v) is 20.4. The van der Waals surface area contributed by atoms with Crippen LogP contribution in [0.2, 0.25) is 0 Å². The van der Waals surface area contributed by atoms with Crippen LogP contribution in [0.15, 0.2) is 28.8 Å². The van der Waals surface area contributed by atoms with E-state index in [1.54, 1.807) is 12.2 Å². The highest BCUT2D eigenvalue weighted by Gasteiger charge is 2.74. The number of aliphatic hydroxyl groups excluding tert-OH is 1. The van der Waals surface area contributed by atoms with Gasteiger partial charge in [-0.1, -0.05) is 48.1 Å². The molecule has 0 radical (unpaired) electrons. The lowest BCUT2D eigenvalue weighted by Crippen LogP contribution is -2.62. The molecule has 7 heteroatoms. The van der Waals surface area contributed by atoms with Crippen molar-refractivity contribution in [1.29, 1.82) is 0 Å². The highest BCUT2D eigenvalue weighted by Crippen LogP contribution is 2.69. The molecular formula is C24H30INO5. The minimum atomic E-state index is -0.991. The maximum Gasteiger partial charge on any atom is 0.190 e. The number of ether oxygens (including phenoxy) is 2. The van der Waals surface area contributed by atoms with Crippen LogP contribution in [0, 0.1) is 28.6 Å². The second-order valence-corrected chi connectivity index (χ2v) is 11.0. The Morgan fingerprint density at radius 3 is 2.94 bits per heavy atom. The van der Waals surface area contributed by atoms with Gasteiger partial charge in [0.15, 0.2) is 23.0 Å². The third-order valence-electron chi connectivity index (χ3n) is 9.07. The van der Waals surface area contributed by atoms with Gasteiger partial charge in [0.25, 0.3) is 0 Å². The van der Waals surface area contributed by atoms with Crippen LogP contribution in [0.4, 0.5) is 0 Å². The molecule has 3 fully saturated rings. The van der Waals surface area contributed by atoms with Crippen LogP contribution in [0.1, 0.15) is 46.5 Å². The lowest BCUT2D eigenvalue weighted by atomic mass is 9.46. The number of carbonyl (C=O) groups excluding carboxylic acids is 2. The third-order valence-corrected chi connectivity index (χ3v) is 9.51. The number of fused-ring (bicyclic) bond motifs is 7. The number of hydrogen-bond donors (Lipinski definition) is 1. The zero-order valence-electron chi connectivity index (χ0n) is 18.3. The molecule has 0 aromatic heterocycles. The average Bonchev–Trinajstić information content (AvgIpc) is 3.17. The normalized spacial score (nSPS) is 47.5.